The molecule has 3 fully saturated rings. The molecule has 5 atom stereocenters. The van der Waals surface area contributed by atoms with E-state index in [0.29, 0.717) is 29.9 Å². The summed E-state index contributed by atoms with van der Waals surface area (Å²) in [5, 5.41) is 0. The second-order valence-corrected chi connectivity index (χ2v) is 8.32. The number of ether oxygens (including phenoxy) is 3. The highest BCUT2D eigenvalue weighted by atomic mass is 79.9. The van der Waals surface area contributed by atoms with Gasteiger partial charge in [-0.1, -0.05) is 48.5 Å². The maximum atomic E-state index is 13.1. The standard InChI is InChI=1S/C24H25NO5.BrH/c1-25-19-12-17(13-20(25)22-21(19)30-22)29-24(27)18(15-8-4-2-5-9-15)14-28-23(26)16-10-6-3-7-11-16;/h2-11,17-22H,12-14H2,1H3;1H. The summed E-state index contributed by atoms with van der Waals surface area (Å²) in [5.41, 5.74) is 1.24. The maximum absolute atomic E-state index is 13.1. The van der Waals surface area contributed by atoms with Crippen LogP contribution in [0.3, 0.4) is 0 Å². The molecule has 2 aromatic rings. The fourth-order valence-electron chi connectivity index (χ4n) is 4.85. The highest BCUT2D eigenvalue weighted by molar-refractivity contribution is 8.93. The third kappa shape index (κ3) is 4.40. The first-order chi connectivity index (χ1) is 14.6. The molecule has 0 aromatic heterocycles. The zero-order chi connectivity index (χ0) is 20.7. The molecule has 0 spiro atoms. The predicted molar refractivity (Wildman–Crippen MR) is 119 cm³/mol. The Kier molecular flexibility index (Phi) is 6.46. The van der Waals surface area contributed by atoms with Crippen molar-refractivity contribution in [3.63, 3.8) is 0 Å². The molecule has 31 heavy (non-hydrogen) atoms. The Hall–Kier alpha value is -2.22. The second-order valence-electron chi connectivity index (χ2n) is 8.32. The lowest BCUT2D eigenvalue weighted by Gasteiger charge is -2.38. The van der Waals surface area contributed by atoms with E-state index in [2.05, 4.69) is 11.9 Å². The number of fused-ring (bicyclic) bond motifs is 5. The Morgan fingerprint density at radius 3 is 2.19 bits per heavy atom. The normalized spacial score (nSPS) is 29.3. The predicted octanol–water partition coefficient (Wildman–Crippen LogP) is 3.36. The van der Waals surface area contributed by atoms with Crippen molar-refractivity contribution in [2.24, 2.45) is 0 Å². The van der Waals surface area contributed by atoms with Gasteiger partial charge in [-0.25, -0.2) is 4.79 Å². The number of epoxide rings is 1. The highest BCUT2D eigenvalue weighted by Gasteiger charge is 2.62. The SMILES string of the molecule is Br.CN1C2CC(OC(=O)C(COC(=O)c3ccccc3)c3ccccc3)CC1C1OC12. The summed E-state index contributed by atoms with van der Waals surface area (Å²) in [7, 11) is 2.12. The van der Waals surface area contributed by atoms with Gasteiger partial charge in [-0.2, -0.15) is 0 Å². The number of rotatable bonds is 6. The number of benzene rings is 2. The maximum Gasteiger partial charge on any atom is 0.338 e. The van der Waals surface area contributed by atoms with Gasteiger partial charge in [0.2, 0.25) is 0 Å². The van der Waals surface area contributed by atoms with E-state index < -0.39 is 11.9 Å². The number of halogens is 1. The van der Waals surface area contributed by atoms with Crippen LogP contribution in [-0.2, 0) is 19.0 Å². The van der Waals surface area contributed by atoms with Gasteiger partial charge in [0.05, 0.1) is 5.56 Å². The molecule has 0 aliphatic carbocycles. The Balaban J connectivity index is 0.00000231. The molecular weight excluding hydrogens is 462 g/mol. The average molecular weight is 488 g/mol. The summed E-state index contributed by atoms with van der Waals surface area (Å²) in [6.07, 6.45) is 2.02. The Morgan fingerprint density at radius 1 is 1.00 bits per heavy atom. The Labute approximate surface area is 192 Å². The van der Waals surface area contributed by atoms with Crippen molar-refractivity contribution in [1.82, 2.24) is 4.90 Å². The quantitative estimate of drug-likeness (QED) is 0.459. The van der Waals surface area contributed by atoms with Gasteiger partial charge in [0, 0.05) is 24.9 Å². The van der Waals surface area contributed by atoms with Gasteiger partial charge in [-0.15, -0.1) is 17.0 Å². The number of hydrogen-bond acceptors (Lipinski definition) is 6. The van der Waals surface area contributed by atoms with Crippen molar-refractivity contribution in [3.05, 3.63) is 71.8 Å². The van der Waals surface area contributed by atoms with Gasteiger partial charge >= 0.3 is 11.9 Å². The summed E-state index contributed by atoms with van der Waals surface area (Å²) in [5.74, 6) is -1.44. The minimum absolute atomic E-state index is 0. The van der Waals surface area contributed by atoms with Crippen LogP contribution in [0, 0.1) is 0 Å². The van der Waals surface area contributed by atoms with Crippen molar-refractivity contribution in [2.45, 2.75) is 49.2 Å². The van der Waals surface area contributed by atoms with Gasteiger partial charge < -0.3 is 14.2 Å². The second kappa shape index (κ2) is 9.10. The number of piperidine rings is 1. The molecule has 6 nitrogen and oxygen atoms in total. The van der Waals surface area contributed by atoms with Crippen molar-refractivity contribution >= 4 is 28.9 Å². The van der Waals surface area contributed by atoms with Crippen LogP contribution >= 0.6 is 17.0 Å². The number of hydrogen-bond donors (Lipinski definition) is 0. The molecule has 3 heterocycles. The molecule has 3 aliphatic rings. The smallest absolute Gasteiger partial charge is 0.338 e. The molecule has 5 unspecified atom stereocenters. The monoisotopic (exact) mass is 487 g/mol. The summed E-state index contributed by atoms with van der Waals surface area (Å²) in [4.78, 5) is 27.8. The van der Waals surface area contributed by atoms with Crippen LogP contribution in [-0.4, -0.2) is 60.9 Å². The number of morpholine rings is 1. The number of carbonyl (C=O) groups excluding carboxylic acids is 2. The zero-order valence-electron chi connectivity index (χ0n) is 17.3. The van der Waals surface area contributed by atoms with E-state index in [1.807, 2.05) is 36.4 Å². The third-order valence-corrected chi connectivity index (χ3v) is 6.53. The van der Waals surface area contributed by atoms with E-state index in [1.54, 1.807) is 24.3 Å². The lowest BCUT2D eigenvalue weighted by molar-refractivity contribution is -0.156. The minimum atomic E-state index is -0.651. The number of esters is 2. The van der Waals surface area contributed by atoms with E-state index >= 15 is 0 Å². The number of carbonyl (C=O) groups is 2. The molecule has 3 aliphatic heterocycles. The van der Waals surface area contributed by atoms with E-state index in [4.69, 9.17) is 14.2 Å². The molecule has 3 saturated heterocycles. The van der Waals surface area contributed by atoms with Crippen LogP contribution in [0.4, 0.5) is 0 Å². The lowest BCUT2D eigenvalue weighted by Crippen LogP contribution is -2.48. The van der Waals surface area contributed by atoms with Gasteiger partial charge in [0.25, 0.3) is 0 Å². The molecule has 0 saturated carbocycles. The topological polar surface area (TPSA) is 68.4 Å². The molecule has 164 valence electrons. The summed E-state index contributed by atoms with van der Waals surface area (Å²) in [6, 6.07) is 18.8. The fraction of sp³-hybridized carbons (Fsp3) is 0.417. The number of likely N-dealkylation sites (N-methyl/N-ethyl adjacent to an activating group) is 1. The van der Waals surface area contributed by atoms with Crippen LogP contribution in [0.15, 0.2) is 60.7 Å². The first kappa shape index (κ1) is 22.0. The Morgan fingerprint density at radius 2 is 1.58 bits per heavy atom. The first-order valence-corrected chi connectivity index (χ1v) is 10.5. The highest BCUT2D eigenvalue weighted by Crippen LogP contribution is 2.48. The Bertz CT molecular complexity index is 906. The minimum Gasteiger partial charge on any atom is -0.462 e. The molecule has 0 N–H and O–H groups in total. The summed E-state index contributed by atoms with van der Waals surface area (Å²) < 4.78 is 17.1. The summed E-state index contributed by atoms with van der Waals surface area (Å²) in [6.45, 7) is -0.0512. The van der Waals surface area contributed by atoms with Gasteiger partial charge in [0.15, 0.2) is 0 Å². The summed E-state index contributed by atoms with van der Waals surface area (Å²) >= 11 is 0. The molecule has 2 aromatic carbocycles. The largest absolute Gasteiger partial charge is 0.462 e. The molecule has 0 radical (unpaired) electrons. The zero-order valence-corrected chi connectivity index (χ0v) is 19.0. The van der Waals surface area contributed by atoms with Gasteiger partial charge in [-0.05, 0) is 24.7 Å². The van der Waals surface area contributed by atoms with E-state index in [-0.39, 0.29) is 35.7 Å². The van der Waals surface area contributed by atoms with Crippen molar-refractivity contribution in [2.75, 3.05) is 13.7 Å². The van der Waals surface area contributed by atoms with Crippen LogP contribution < -0.4 is 0 Å². The number of nitrogens with zero attached hydrogens (tertiary/aromatic N) is 1. The molecule has 0 amide bonds. The van der Waals surface area contributed by atoms with Crippen LogP contribution in [0.5, 0.6) is 0 Å². The van der Waals surface area contributed by atoms with Crippen molar-refractivity contribution in [1.29, 1.82) is 0 Å². The third-order valence-electron chi connectivity index (χ3n) is 6.53. The first-order valence-electron chi connectivity index (χ1n) is 10.5. The van der Waals surface area contributed by atoms with Crippen molar-refractivity contribution < 1.29 is 23.8 Å². The fourth-order valence-corrected chi connectivity index (χ4v) is 4.85. The van der Waals surface area contributed by atoms with E-state index in [0.717, 1.165) is 18.4 Å². The van der Waals surface area contributed by atoms with Crippen molar-refractivity contribution in [3.8, 4) is 0 Å². The van der Waals surface area contributed by atoms with E-state index in [9.17, 15) is 9.59 Å². The molecule has 7 heteroatoms. The van der Waals surface area contributed by atoms with Crippen LogP contribution in [0.1, 0.15) is 34.7 Å². The lowest BCUT2D eigenvalue weighted by atomic mass is 9.97. The van der Waals surface area contributed by atoms with Gasteiger partial charge in [0.1, 0.15) is 30.8 Å². The van der Waals surface area contributed by atoms with E-state index in [1.165, 1.54) is 0 Å². The van der Waals surface area contributed by atoms with Crippen LogP contribution in [0.2, 0.25) is 0 Å². The molecule has 2 bridgehead atoms. The van der Waals surface area contributed by atoms with Crippen LogP contribution in [0.25, 0.3) is 0 Å². The molecule has 5 rings (SSSR count). The average Bonchev–Trinajstić information content (AvgIpc) is 3.53. The van der Waals surface area contributed by atoms with Gasteiger partial charge in [-0.3, -0.25) is 9.69 Å². The molecular formula is C24H26BrNO5.